The number of aromatic nitrogens is 4. The van der Waals surface area contributed by atoms with E-state index in [1.54, 1.807) is 4.68 Å². The molecule has 0 saturated heterocycles. The van der Waals surface area contributed by atoms with E-state index >= 15 is 0 Å². The van der Waals surface area contributed by atoms with Gasteiger partial charge in [-0.05, 0) is 41.0 Å². The lowest BCUT2D eigenvalue weighted by Gasteiger charge is -2.12. The van der Waals surface area contributed by atoms with E-state index in [0.717, 1.165) is 25.0 Å². The van der Waals surface area contributed by atoms with Gasteiger partial charge in [0.1, 0.15) is 0 Å². The number of hydrogen-bond donors (Lipinski definition) is 2. The van der Waals surface area contributed by atoms with E-state index in [0.29, 0.717) is 24.0 Å². The lowest BCUT2D eigenvalue weighted by Crippen LogP contribution is -2.23. The number of nitrogens with one attached hydrogen (secondary N) is 1. The number of halogens is 2. The smallest absolute Gasteiger partial charge is 0.165 e. The first-order chi connectivity index (χ1) is 10.1. The van der Waals surface area contributed by atoms with Gasteiger partial charge in [0.25, 0.3) is 0 Å². The molecule has 1 aliphatic rings. The molecule has 0 spiro atoms. The van der Waals surface area contributed by atoms with E-state index in [1.165, 1.54) is 6.07 Å². The minimum absolute atomic E-state index is 0.197. The summed E-state index contributed by atoms with van der Waals surface area (Å²) in [7, 11) is 0. The highest BCUT2D eigenvalue weighted by molar-refractivity contribution is 5.20. The minimum atomic E-state index is -0.968. The highest BCUT2D eigenvalue weighted by atomic mass is 19.2. The molecule has 0 bridgehead atoms. The van der Waals surface area contributed by atoms with Crippen LogP contribution in [0.4, 0.5) is 8.78 Å². The Hall–Kier alpha value is -1.93. The Morgan fingerprint density at radius 3 is 2.86 bits per heavy atom. The molecule has 1 saturated carbocycles. The molecule has 3 rings (SSSR count). The van der Waals surface area contributed by atoms with Crippen molar-refractivity contribution in [3.8, 4) is 0 Å². The summed E-state index contributed by atoms with van der Waals surface area (Å²) in [6.07, 6.45) is 1.23. The summed E-state index contributed by atoms with van der Waals surface area (Å²) in [5.41, 5.74) is 0.322. The van der Waals surface area contributed by atoms with E-state index in [-0.39, 0.29) is 6.54 Å². The van der Waals surface area contributed by atoms with E-state index < -0.39 is 17.7 Å². The Bertz CT molecular complexity index is 629. The maximum absolute atomic E-state index is 13.1. The molecular formula is C13H15F2N5O. The highest BCUT2D eigenvalue weighted by Crippen LogP contribution is 2.34. The summed E-state index contributed by atoms with van der Waals surface area (Å²) in [6, 6.07) is 3.74. The normalized spacial score (nSPS) is 16.1. The van der Waals surface area contributed by atoms with Crippen molar-refractivity contribution < 1.29 is 13.9 Å². The van der Waals surface area contributed by atoms with Gasteiger partial charge in [0, 0.05) is 6.54 Å². The highest BCUT2D eigenvalue weighted by Gasteiger charge is 2.27. The van der Waals surface area contributed by atoms with Gasteiger partial charge in [0.05, 0.1) is 18.7 Å². The van der Waals surface area contributed by atoms with Crippen molar-refractivity contribution in [1.82, 2.24) is 25.5 Å². The zero-order chi connectivity index (χ0) is 14.8. The number of hydrogen-bond acceptors (Lipinski definition) is 5. The molecule has 1 atom stereocenters. The Balaban J connectivity index is 1.54. The number of nitrogens with zero attached hydrogens (tertiary/aromatic N) is 4. The summed E-state index contributed by atoms with van der Waals surface area (Å²) in [5, 5.41) is 24.4. The van der Waals surface area contributed by atoms with Crippen molar-refractivity contribution in [3.05, 3.63) is 41.2 Å². The molecule has 1 aliphatic carbocycles. The lowest BCUT2D eigenvalue weighted by molar-refractivity contribution is 0.173. The second kappa shape index (κ2) is 5.82. The van der Waals surface area contributed by atoms with Gasteiger partial charge in [0.15, 0.2) is 17.5 Å². The van der Waals surface area contributed by atoms with E-state index in [4.69, 9.17) is 0 Å². The first-order valence-electron chi connectivity index (χ1n) is 6.75. The number of aliphatic hydroxyl groups excluding tert-OH is 1. The van der Waals surface area contributed by atoms with Crippen molar-refractivity contribution in [2.45, 2.75) is 31.5 Å². The van der Waals surface area contributed by atoms with Crippen molar-refractivity contribution in [2.75, 3.05) is 6.54 Å². The summed E-state index contributed by atoms with van der Waals surface area (Å²) in [6.45, 7) is 0.604. The predicted molar refractivity (Wildman–Crippen MR) is 69.1 cm³/mol. The first-order valence-corrected chi connectivity index (χ1v) is 6.75. The average molecular weight is 295 g/mol. The van der Waals surface area contributed by atoms with Crippen molar-refractivity contribution in [3.63, 3.8) is 0 Å². The average Bonchev–Trinajstić information content (AvgIpc) is 3.21. The van der Waals surface area contributed by atoms with E-state index in [2.05, 4.69) is 20.8 Å². The van der Waals surface area contributed by atoms with Gasteiger partial charge in [-0.2, -0.15) is 0 Å². The van der Waals surface area contributed by atoms with Crippen LogP contribution in [0.3, 0.4) is 0 Å². The molecule has 0 radical (unpaired) electrons. The summed E-state index contributed by atoms with van der Waals surface area (Å²) in [5.74, 6) is -1.19. The van der Waals surface area contributed by atoms with Crippen molar-refractivity contribution in [2.24, 2.45) is 0 Å². The summed E-state index contributed by atoms with van der Waals surface area (Å²) < 4.78 is 27.7. The monoisotopic (exact) mass is 295 g/mol. The van der Waals surface area contributed by atoms with Crippen LogP contribution in [0.25, 0.3) is 0 Å². The van der Waals surface area contributed by atoms with Crippen LogP contribution in [0.15, 0.2) is 18.2 Å². The fourth-order valence-corrected chi connectivity index (χ4v) is 2.09. The Labute approximate surface area is 119 Å². The summed E-state index contributed by atoms with van der Waals surface area (Å²) >= 11 is 0. The van der Waals surface area contributed by atoms with Crippen LogP contribution >= 0.6 is 0 Å². The molecule has 0 aliphatic heterocycles. The first kappa shape index (κ1) is 14.0. The maximum atomic E-state index is 13.1. The third kappa shape index (κ3) is 3.22. The van der Waals surface area contributed by atoms with E-state index in [1.807, 2.05) is 0 Å². The third-order valence-electron chi connectivity index (χ3n) is 3.40. The SMILES string of the molecule is OC(CNCc1nnnn1C1CC1)c1ccc(F)c(F)c1. The summed E-state index contributed by atoms with van der Waals surface area (Å²) in [4.78, 5) is 0. The topological polar surface area (TPSA) is 75.9 Å². The lowest BCUT2D eigenvalue weighted by atomic mass is 10.1. The standard InChI is InChI=1S/C13H15F2N5O/c14-10-4-1-8(5-11(10)15)12(21)6-16-7-13-17-18-19-20(13)9-2-3-9/h1,4-5,9,12,16,21H,2-3,6-7H2. The van der Waals surface area contributed by atoms with Crippen LogP contribution < -0.4 is 5.32 Å². The molecule has 21 heavy (non-hydrogen) atoms. The van der Waals surface area contributed by atoms with Crippen LogP contribution in [-0.4, -0.2) is 31.9 Å². The molecule has 1 aromatic carbocycles. The number of aliphatic hydroxyl groups is 1. The molecule has 2 aromatic rings. The molecule has 2 N–H and O–H groups in total. The maximum Gasteiger partial charge on any atom is 0.165 e. The van der Waals surface area contributed by atoms with Gasteiger partial charge in [-0.15, -0.1) is 5.10 Å². The van der Waals surface area contributed by atoms with Gasteiger partial charge in [-0.3, -0.25) is 0 Å². The molecule has 1 fully saturated rings. The molecule has 112 valence electrons. The third-order valence-corrected chi connectivity index (χ3v) is 3.40. The van der Waals surface area contributed by atoms with Crippen LogP contribution in [0.1, 0.15) is 36.4 Å². The largest absolute Gasteiger partial charge is 0.387 e. The quantitative estimate of drug-likeness (QED) is 0.835. The molecule has 1 aromatic heterocycles. The molecule has 1 heterocycles. The van der Waals surface area contributed by atoms with E-state index in [9.17, 15) is 13.9 Å². The number of tetrazole rings is 1. The van der Waals surface area contributed by atoms with Crippen LogP contribution in [0, 0.1) is 11.6 Å². The molecule has 8 heteroatoms. The Morgan fingerprint density at radius 1 is 1.33 bits per heavy atom. The molecule has 1 unspecified atom stereocenters. The fraction of sp³-hybridized carbons (Fsp3) is 0.462. The predicted octanol–water partition coefficient (Wildman–Crippen LogP) is 1.11. The Morgan fingerprint density at radius 2 is 2.14 bits per heavy atom. The second-order valence-corrected chi connectivity index (χ2v) is 5.09. The van der Waals surface area contributed by atoms with Gasteiger partial charge in [-0.1, -0.05) is 6.07 Å². The fourth-order valence-electron chi connectivity index (χ4n) is 2.09. The van der Waals surface area contributed by atoms with Gasteiger partial charge in [0.2, 0.25) is 0 Å². The van der Waals surface area contributed by atoms with Crippen LogP contribution in [0.2, 0.25) is 0 Å². The van der Waals surface area contributed by atoms with Gasteiger partial charge >= 0.3 is 0 Å². The minimum Gasteiger partial charge on any atom is -0.387 e. The molecule has 0 amide bonds. The zero-order valence-electron chi connectivity index (χ0n) is 11.2. The molecule has 6 nitrogen and oxygen atoms in total. The second-order valence-electron chi connectivity index (χ2n) is 5.09. The van der Waals surface area contributed by atoms with Gasteiger partial charge in [-0.25, -0.2) is 13.5 Å². The number of benzene rings is 1. The Kier molecular flexibility index (Phi) is 3.89. The number of rotatable bonds is 6. The zero-order valence-corrected chi connectivity index (χ0v) is 11.2. The van der Waals surface area contributed by atoms with Crippen molar-refractivity contribution in [1.29, 1.82) is 0 Å². The van der Waals surface area contributed by atoms with Crippen LogP contribution in [-0.2, 0) is 6.54 Å². The van der Waals surface area contributed by atoms with Crippen LogP contribution in [0.5, 0.6) is 0 Å². The van der Waals surface area contributed by atoms with Gasteiger partial charge < -0.3 is 10.4 Å². The molecular weight excluding hydrogens is 280 g/mol. The van der Waals surface area contributed by atoms with Crippen molar-refractivity contribution >= 4 is 0 Å².